The molecule has 24 valence electrons. The van der Waals surface area contributed by atoms with Crippen LogP contribution in [0.15, 0.2) is 0 Å². The standard InChI is InChI=1S/2ClH.2Hg.O/h2*1H;;;/q;;;+2;/p-2. The van der Waals surface area contributed by atoms with Crippen molar-refractivity contribution in [2.45, 2.75) is 0 Å². The Morgan fingerprint density at radius 2 is 1.40 bits per heavy atom. The molecular formula is Cl2Hg2O. The molecule has 0 aliphatic carbocycles. The van der Waals surface area contributed by atoms with Gasteiger partial charge in [0.1, 0.15) is 0 Å². The summed E-state index contributed by atoms with van der Waals surface area (Å²) in [7, 11) is 9.97. The molecule has 0 aliphatic rings. The van der Waals surface area contributed by atoms with Crippen LogP contribution in [0.1, 0.15) is 0 Å². The van der Waals surface area contributed by atoms with E-state index >= 15 is 0 Å². The molecule has 0 fully saturated rings. The first-order valence-corrected chi connectivity index (χ1v) is 16.6. The van der Waals surface area contributed by atoms with Gasteiger partial charge in [-0.05, 0) is 0 Å². The molecule has 0 unspecified atom stereocenters. The average Bonchev–Trinajstić information content (AvgIpc) is 1.46. The summed E-state index contributed by atoms with van der Waals surface area (Å²) in [5.41, 5.74) is 0. The van der Waals surface area contributed by atoms with Crippen LogP contribution in [0, 0.1) is 0 Å². The van der Waals surface area contributed by atoms with Crippen LogP contribution < -0.4 is 0 Å². The second-order valence-corrected chi connectivity index (χ2v) is 7.98. The molecule has 0 N–H and O–H groups in total. The Labute approximate surface area is 66.2 Å². The zero-order valence-electron chi connectivity index (χ0n) is 2.58. The first-order chi connectivity index (χ1) is 2.41. The van der Waals surface area contributed by atoms with E-state index in [1.54, 1.807) is 0 Å². The molecule has 5 heavy (non-hydrogen) atoms. The topological polar surface area (TPSA) is 17.1 Å². The second kappa shape index (κ2) is 16.3. The number of rotatable bonds is 0. The molecule has 0 saturated carbocycles. The summed E-state index contributed by atoms with van der Waals surface area (Å²) >= 11 is -1.36. The number of halogens is 2. The van der Waals surface area contributed by atoms with Crippen molar-refractivity contribution in [2.24, 2.45) is 0 Å². The molecule has 0 aliphatic heterocycles. The van der Waals surface area contributed by atoms with Gasteiger partial charge in [0.15, 0.2) is 0 Å². The maximum absolute atomic E-state index is 8.44. The van der Waals surface area contributed by atoms with Crippen LogP contribution >= 0.6 is 16.5 Å². The first-order valence-electron chi connectivity index (χ1n) is 0.823. The fraction of sp³-hybridized carbons (Fsp3) is 0. The van der Waals surface area contributed by atoms with E-state index < -0.39 is 22.1 Å². The van der Waals surface area contributed by atoms with Crippen LogP contribution in [0.25, 0.3) is 0 Å². The molecule has 0 spiro atoms. The van der Waals surface area contributed by atoms with Crippen LogP contribution in [0.3, 0.4) is 0 Å². The molecule has 0 amide bonds. The van der Waals surface area contributed by atoms with Crippen molar-refractivity contribution in [2.75, 3.05) is 0 Å². The van der Waals surface area contributed by atoms with E-state index in [1.807, 2.05) is 0 Å². The second-order valence-electron chi connectivity index (χ2n) is 0.101. The van der Waals surface area contributed by atoms with Gasteiger partial charge in [-0.2, -0.15) is 0 Å². The first kappa shape index (κ1) is 10.3. The van der Waals surface area contributed by atoms with E-state index in [0.29, 0.717) is 0 Å². The summed E-state index contributed by atoms with van der Waals surface area (Å²) in [5, 5.41) is 0. The summed E-state index contributed by atoms with van der Waals surface area (Å²) in [6, 6.07) is 0. The maximum atomic E-state index is 8.44. The van der Waals surface area contributed by atoms with Crippen LogP contribution in [0.4, 0.5) is 0 Å². The van der Waals surface area contributed by atoms with Gasteiger partial charge < -0.3 is 0 Å². The Kier molecular flexibility index (Phi) is 33.5. The van der Waals surface area contributed by atoms with Gasteiger partial charge in [0.25, 0.3) is 0 Å². The van der Waals surface area contributed by atoms with Gasteiger partial charge in [0, 0.05) is 0 Å². The van der Waals surface area contributed by atoms with Crippen molar-refractivity contribution in [1.82, 2.24) is 0 Å². The van der Waals surface area contributed by atoms with E-state index in [2.05, 4.69) is 0 Å². The molecule has 0 aromatic heterocycles. The van der Waals surface area contributed by atoms with Gasteiger partial charge in [0.05, 0.1) is 0 Å². The van der Waals surface area contributed by atoms with Crippen LogP contribution in [0.2, 0.25) is 0 Å². The minimum atomic E-state index is -1.14. The molecule has 0 saturated heterocycles. The SMILES string of the molecule is [Cl][Hg][Cl].[O]=[Hg]. The van der Waals surface area contributed by atoms with E-state index in [0.717, 1.165) is 0 Å². The third-order valence-corrected chi connectivity index (χ3v) is 0. The Hall–Kier alpha value is 2.25. The van der Waals surface area contributed by atoms with E-state index in [1.165, 1.54) is 0 Å². The third-order valence-electron chi connectivity index (χ3n) is 0. The summed E-state index contributed by atoms with van der Waals surface area (Å²) in [5.74, 6) is 0. The molecule has 0 aromatic rings. The predicted molar refractivity (Wildman–Crippen MR) is 12.4 cm³/mol. The summed E-state index contributed by atoms with van der Waals surface area (Å²) in [4.78, 5) is 0. The molecule has 0 rings (SSSR count). The Morgan fingerprint density at radius 3 is 1.40 bits per heavy atom. The van der Waals surface area contributed by atoms with Gasteiger partial charge in [-0.15, -0.1) is 0 Å². The van der Waals surface area contributed by atoms with Gasteiger partial charge in [0.2, 0.25) is 0 Å². The molecule has 0 heterocycles. The normalized spacial score (nSPS) is 3.20. The van der Waals surface area contributed by atoms with Crippen molar-refractivity contribution in [3.05, 3.63) is 0 Å². The monoisotopic (exact) mass is 490 g/mol. The zero-order chi connectivity index (χ0) is 4.71. The molecule has 0 aromatic carbocycles. The van der Waals surface area contributed by atoms with E-state index in [-0.39, 0.29) is 26.1 Å². The number of hydrogen-bond donors (Lipinski definition) is 0. The van der Waals surface area contributed by atoms with Crippen molar-refractivity contribution in [1.29, 1.82) is 0 Å². The quantitative estimate of drug-likeness (QED) is 0.470. The van der Waals surface area contributed by atoms with Crippen molar-refractivity contribution in [3.8, 4) is 0 Å². The van der Waals surface area contributed by atoms with Gasteiger partial charge >= 0.3 is 67.4 Å². The van der Waals surface area contributed by atoms with Crippen LogP contribution in [-0.4, -0.2) is 0 Å². The Balaban J connectivity index is 0. The fourth-order valence-electron chi connectivity index (χ4n) is 0. The molecule has 5 heteroatoms. The van der Waals surface area contributed by atoms with E-state index in [9.17, 15) is 0 Å². The summed E-state index contributed by atoms with van der Waals surface area (Å²) in [6.45, 7) is 0. The van der Waals surface area contributed by atoms with Crippen molar-refractivity contribution in [3.63, 3.8) is 0 Å². The van der Waals surface area contributed by atoms with Crippen LogP contribution in [-0.2, 0) is 50.9 Å². The van der Waals surface area contributed by atoms with Gasteiger partial charge in [-0.3, -0.25) is 0 Å². The van der Waals surface area contributed by atoms with Gasteiger partial charge in [-0.25, -0.2) is 0 Å². The van der Waals surface area contributed by atoms with Crippen molar-refractivity contribution < 1.29 is 50.9 Å². The van der Waals surface area contributed by atoms with E-state index in [4.69, 9.17) is 19.1 Å². The fourth-order valence-corrected chi connectivity index (χ4v) is 0. The zero-order valence-corrected chi connectivity index (χ0v) is 15.1. The minimum absolute atomic E-state index is 0.222. The predicted octanol–water partition coefficient (Wildman–Crippen LogP) is 1.26. The van der Waals surface area contributed by atoms with Crippen LogP contribution in [0.5, 0.6) is 0 Å². The summed E-state index contributed by atoms with van der Waals surface area (Å²) in [6.07, 6.45) is 0. The van der Waals surface area contributed by atoms with Gasteiger partial charge in [-0.1, -0.05) is 0 Å². The molecule has 0 bridgehead atoms. The molecular weight excluding hydrogens is 488 g/mol. The van der Waals surface area contributed by atoms with Crippen molar-refractivity contribution >= 4 is 16.5 Å². The Morgan fingerprint density at radius 1 is 1.40 bits per heavy atom. The molecule has 0 radical (unpaired) electrons. The number of hydrogen-bond acceptors (Lipinski definition) is 1. The third kappa shape index (κ3) is 22.3. The average molecular weight is 488 g/mol. The summed E-state index contributed by atoms with van der Waals surface area (Å²) < 4.78 is 8.44. The molecule has 0 atom stereocenters. The Bertz CT molecular complexity index is 11.6. The molecule has 1 nitrogen and oxygen atoms in total.